The highest BCUT2D eigenvalue weighted by Gasteiger charge is 2.42. The van der Waals surface area contributed by atoms with Gasteiger partial charge in [-0.1, -0.05) is 11.8 Å². The number of hydrogen-bond acceptors (Lipinski definition) is 9. The molecule has 1 aromatic rings. The van der Waals surface area contributed by atoms with E-state index in [1.807, 2.05) is 0 Å². The van der Waals surface area contributed by atoms with Crippen molar-refractivity contribution in [3.05, 3.63) is 30.1 Å². The zero-order valence-corrected chi connectivity index (χ0v) is 19.7. The van der Waals surface area contributed by atoms with E-state index in [1.165, 1.54) is 25.9 Å². The Morgan fingerprint density at radius 3 is 2.61 bits per heavy atom. The predicted molar refractivity (Wildman–Crippen MR) is 119 cm³/mol. The number of nitrogens with zero attached hydrogens (tertiary/aromatic N) is 3. The summed E-state index contributed by atoms with van der Waals surface area (Å²) in [4.78, 5) is 21.4. The maximum Gasteiger partial charge on any atom is 0.248 e. The standard InChI is InChI=1S/C19H30N4O6S2/c1-19(12-30-18(22-19)23(2)31(4,27)28)17(26)21-14(11-13-5-8-20-9-6-13)16(25)15(24)7-10-29-3/h5-6,8-9,14-16,24-25H,7,10-12H2,1-4H3,(H,21,26). The summed E-state index contributed by atoms with van der Waals surface area (Å²) in [5.74, 6) is -0.216. The van der Waals surface area contributed by atoms with Crippen LogP contribution < -0.4 is 5.32 Å². The highest BCUT2D eigenvalue weighted by Crippen LogP contribution is 2.30. The summed E-state index contributed by atoms with van der Waals surface area (Å²) in [6.07, 6.45) is 2.40. The Morgan fingerprint density at radius 2 is 2.03 bits per heavy atom. The topological polar surface area (TPSA) is 141 Å². The second kappa shape index (κ2) is 10.7. The van der Waals surface area contributed by atoms with Gasteiger partial charge in [-0.05, 0) is 37.5 Å². The van der Waals surface area contributed by atoms with Crippen LogP contribution in [-0.4, -0.2) is 95.6 Å². The number of thioether (sulfide) groups is 1. The Hall–Kier alpha value is -1.73. The molecule has 0 aromatic carbocycles. The molecule has 0 bridgehead atoms. The summed E-state index contributed by atoms with van der Waals surface area (Å²) in [5.41, 5.74) is -0.391. The number of carbonyl (C=O) groups excluding carboxylic acids is 1. The molecule has 2 rings (SSSR count). The van der Waals surface area contributed by atoms with Crippen LogP contribution in [0.4, 0.5) is 0 Å². The van der Waals surface area contributed by atoms with Gasteiger partial charge in [0.1, 0.15) is 11.6 Å². The van der Waals surface area contributed by atoms with E-state index in [0.29, 0.717) is 0 Å². The normalized spacial score (nSPS) is 21.8. The molecule has 0 saturated carbocycles. The van der Waals surface area contributed by atoms with Gasteiger partial charge in [0.2, 0.25) is 15.9 Å². The third-order valence-corrected chi connectivity index (χ3v) is 7.64. The molecule has 1 aromatic heterocycles. The van der Waals surface area contributed by atoms with Gasteiger partial charge in [-0.2, -0.15) is 0 Å². The van der Waals surface area contributed by atoms with Crippen LogP contribution in [0.2, 0.25) is 0 Å². The van der Waals surface area contributed by atoms with E-state index in [9.17, 15) is 23.4 Å². The minimum atomic E-state index is -3.50. The summed E-state index contributed by atoms with van der Waals surface area (Å²) in [6, 6.07) is 2.73. The number of ether oxygens (including phenoxy) is 1. The smallest absolute Gasteiger partial charge is 0.248 e. The molecule has 0 radical (unpaired) electrons. The van der Waals surface area contributed by atoms with Crippen LogP contribution in [0.5, 0.6) is 0 Å². The molecule has 0 spiro atoms. The zero-order valence-electron chi connectivity index (χ0n) is 18.1. The number of aliphatic imine (C=N–C) groups is 1. The van der Waals surface area contributed by atoms with Crippen molar-refractivity contribution in [2.24, 2.45) is 4.99 Å². The quantitative estimate of drug-likeness (QED) is 0.417. The number of rotatable bonds is 10. The fourth-order valence-corrected chi connectivity index (χ4v) is 4.87. The number of aromatic nitrogens is 1. The number of aliphatic hydroxyl groups excluding tert-OH is 2. The maximum absolute atomic E-state index is 13.1. The molecule has 4 unspecified atom stereocenters. The molecule has 1 aliphatic rings. The Labute approximate surface area is 187 Å². The molecule has 10 nitrogen and oxygen atoms in total. The summed E-state index contributed by atoms with van der Waals surface area (Å²) >= 11 is 1.17. The van der Waals surface area contributed by atoms with E-state index < -0.39 is 39.7 Å². The van der Waals surface area contributed by atoms with E-state index in [1.54, 1.807) is 31.5 Å². The first-order valence-corrected chi connectivity index (χ1v) is 12.5. The van der Waals surface area contributed by atoms with Crippen LogP contribution in [0.25, 0.3) is 0 Å². The lowest BCUT2D eigenvalue weighted by molar-refractivity contribution is -0.127. The molecule has 1 amide bonds. The molecule has 1 aliphatic heterocycles. The van der Waals surface area contributed by atoms with Crippen molar-refractivity contribution >= 4 is 32.9 Å². The minimum Gasteiger partial charge on any atom is -0.390 e. The fraction of sp³-hybridized carbons (Fsp3) is 0.632. The predicted octanol–water partition coefficient (Wildman–Crippen LogP) is -0.380. The number of sulfonamides is 1. The molecule has 0 saturated heterocycles. The van der Waals surface area contributed by atoms with Gasteiger partial charge in [0.15, 0.2) is 5.17 Å². The summed E-state index contributed by atoms with van der Waals surface area (Å²) in [7, 11) is -0.621. The first-order chi connectivity index (χ1) is 14.5. The van der Waals surface area contributed by atoms with Gasteiger partial charge < -0.3 is 20.3 Å². The number of hydrogen-bond donors (Lipinski definition) is 3. The average Bonchev–Trinajstić information content (AvgIpc) is 3.13. The van der Waals surface area contributed by atoms with Gasteiger partial charge in [-0.25, -0.2) is 13.4 Å². The number of nitrogens with one attached hydrogen (secondary N) is 1. The summed E-state index contributed by atoms with van der Waals surface area (Å²) < 4.78 is 29.6. The zero-order chi connectivity index (χ0) is 23.2. The van der Waals surface area contributed by atoms with E-state index in [0.717, 1.165) is 16.1 Å². The van der Waals surface area contributed by atoms with Crippen LogP contribution in [0, 0.1) is 0 Å². The highest BCUT2D eigenvalue weighted by atomic mass is 32.2. The van der Waals surface area contributed by atoms with Crippen molar-refractivity contribution in [3.8, 4) is 0 Å². The number of amides is 1. The highest BCUT2D eigenvalue weighted by molar-refractivity contribution is 8.15. The summed E-state index contributed by atoms with van der Waals surface area (Å²) in [6.45, 7) is 1.86. The van der Waals surface area contributed by atoms with Gasteiger partial charge in [-0.3, -0.25) is 14.1 Å². The average molecular weight is 475 g/mol. The fourth-order valence-electron chi connectivity index (χ4n) is 2.93. The molecule has 31 heavy (non-hydrogen) atoms. The van der Waals surface area contributed by atoms with Crippen LogP contribution in [0.3, 0.4) is 0 Å². The maximum atomic E-state index is 13.1. The molecule has 0 aliphatic carbocycles. The largest absolute Gasteiger partial charge is 0.390 e. The molecule has 174 valence electrons. The monoisotopic (exact) mass is 474 g/mol. The lowest BCUT2D eigenvalue weighted by Gasteiger charge is -2.30. The Bertz CT molecular complexity index is 883. The minimum absolute atomic E-state index is 0.203. The summed E-state index contributed by atoms with van der Waals surface area (Å²) in [5, 5.41) is 24.1. The number of amidine groups is 1. The second-order valence-corrected chi connectivity index (χ2v) is 10.6. The Kier molecular flexibility index (Phi) is 8.83. The van der Waals surface area contributed by atoms with Crippen LogP contribution in [-0.2, 0) is 26.0 Å². The van der Waals surface area contributed by atoms with Crippen molar-refractivity contribution in [3.63, 3.8) is 0 Å². The number of pyridine rings is 1. The molecule has 12 heteroatoms. The molecule has 4 atom stereocenters. The van der Waals surface area contributed by atoms with Crippen molar-refractivity contribution in [2.45, 2.75) is 43.6 Å². The number of carbonyl (C=O) groups is 1. The van der Waals surface area contributed by atoms with E-state index in [-0.39, 0.29) is 30.4 Å². The first-order valence-electron chi connectivity index (χ1n) is 9.69. The number of aliphatic hydroxyl groups is 2. The van der Waals surface area contributed by atoms with Crippen LogP contribution in [0.1, 0.15) is 18.9 Å². The first kappa shape index (κ1) is 25.5. The molecular weight excluding hydrogens is 444 g/mol. The van der Waals surface area contributed by atoms with E-state index in [2.05, 4.69) is 15.3 Å². The SMILES string of the molecule is COCCC(O)C(O)C(Cc1ccncc1)NC(=O)C1(C)CSC(N(C)S(C)(=O)=O)=N1. The lowest BCUT2D eigenvalue weighted by atomic mass is 9.95. The Morgan fingerprint density at radius 1 is 1.39 bits per heavy atom. The lowest BCUT2D eigenvalue weighted by Crippen LogP contribution is -2.55. The Balaban J connectivity index is 2.20. The third kappa shape index (κ3) is 6.88. The third-order valence-electron chi connectivity index (χ3n) is 5.03. The van der Waals surface area contributed by atoms with E-state index >= 15 is 0 Å². The van der Waals surface area contributed by atoms with Gasteiger partial charge in [-0.15, -0.1) is 0 Å². The van der Waals surface area contributed by atoms with Gasteiger partial charge >= 0.3 is 0 Å². The van der Waals surface area contributed by atoms with E-state index in [4.69, 9.17) is 4.74 Å². The molecule has 2 heterocycles. The van der Waals surface area contributed by atoms with Crippen molar-refractivity contribution in [2.75, 3.05) is 32.8 Å². The molecule has 3 N–H and O–H groups in total. The van der Waals surface area contributed by atoms with Crippen molar-refractivity contribution in [1.82, 2.24) is 14.6 Å². The second-order valence-electron chi connectivity index (χ2n) is 7.67. The molecular formula is C19H30N4O6S2. The van der Waals surface area contributed by atoms with Crippen LogP contribution in [0.15, 0.2) is 29.5 Å². The van der Waals surface area contributed by atoms with Crippen LogP contribution >= 0.6 is 11.8 Å². The van der Waals surface area contributed by atoms with Crippen molar-refractivity contribution < 1.29 is 28.2 Å². The van der Waals surface area contributed by atoms with Gasteiger partial charge in [0.05, 0.1) is 18.4 Å². The van der Waals surface area contributed by atoms with Crippen molar-refractivity contribution in [1.29, 1.82) is 0 Å². The van der Waals surface area contributed by atoms with Gasteiger partial charge in [0, 0.05) is 38.9 Å². The number of methoxy groups -OCH3 is 1. The molecule has 0 fully saturated rings. The van der Waals surface area contributed by atoms with Gasteiger partial charge in [0.25, 0.3) is 0 Å².